The quantitative estimate of drug-likeness (QED) is 0.688. The van der Waals surface area contributed by atoms with Gasteiger partial charge in [0, 0.05) is 11.4 Å². The van der Waals surface area contributed by atoms with E-state index in [1.165, 1.54) is 0 Å². The molecule has 0 N–H and O–H groups in total. The number of halogens is 3. The highest BCUT2D eigenvalue weighted by Crippen LogP contribution is 2.35. The lowest BCUT2D eigenvalue weighted by Gasteiger charge is -2.11. The number of nitrogens with zero attached hydrogens (tertiary/aromatic N) is 2. The summed E-state index contributed by atoms with van der Waals surface area (Å²) >= 11 is 0.782. The van der Waals surface area contributed by atoms with Crippen molar-refractivity contribution >= 4 is 11.3 Å². The van der Waals surface area contributed by atoms with Crippen LogP contribution in [0.3, 0.4) is 0 Å². The summed E-state index contributed by atoms with van der Waals surface area (Å²) in [5.41, 5.74) is 0.636. The second-order valence-electron chi connectivity index (χ2n) is 3.73. The molecule has 0 unspecified atom stereocenters. The van der Waals surface area contributed by atoms with Crippen LogP contribution in [0, 0.1) is 0 Å². The third-order valence-corrected chi connectivity index (χ3v) is 3.51. The molecule has 0 atom stereocenters. The number of aryl methyl sites for hydroxylation is 1. The Labute approximate surface area is 89.7 Å². The van der Waals surface area contributed by atoms with Gasteiger partial charge in [-0.3, -0.25) is 0 Å². The van der Waals surface area contributed by atoms with E-state index < -0.39 is 11.2 Å². The molecular formula is C9H11F3N2S. The predicted octanol–water partition coefficient (Wildman–Crippen LogP) is 2.54. The topological polar surface area (TPSA) is 16.1 Å². The maximum Gasteiger partial charge on any atom is 0.443 e. The molecular weight excluding hydrogens is 225 g/mol. The van der Waals surface area contributed by atoms with E-state index in [1.807, 2.05) is 11.9 Å². The van der Waals surface area contributed by atoms with Crippen LogP contribution in [-0.2, 0) is 19.1 Å². The van der Waals surface area contributed by atoms with Crippen LogP contribution in [0.1, 0.15) is 22.0 Å². The number of rotatable bonds is 0. The van der Waals surface area contributed by atoms with Crippen LogP contribution in [0.4, 0.5) is 13.2 Å². The lowest BCUT2D eigenvalue weighted by atomic mass is 10.2. The van der Waals surface area contributed by atoms with E-state index in [2.05, 4.69) is 4.98 Å². The van der Waals surface area contributed by atoms with E-state index in [9.17, 15) is 13.2 Å². The number of aromatic nitrogens is 1. The summed E-state index contributed by atoms with van der Waals surface area (Å²) in [4.78, 5) is 6.48. The van der Waals surface area contributed by atoms with Crippen LogP contribution in [0.2, 0.25) is 0 Å². The highest BCUT2D eigenvalue weighted by Gasteiger charge is 2.36. The van der Waals surface area contributed by atoms with Gasteiger partial charge in [-0.15, -0.1) is 11.3 Å². The molecule has 2 rings (SSSR count). The standard InChI is InChI=1S/C9H11F3N2S/c1-14-4-2-3-6-7(5-14)15-8(13-6)9(10,11)12/h2-5H2,1H3. The molecule has 6 heteroatoms. The van der Waals surface area contributed by atoms with Crippen molar-refractivity contribution in [3.8, 4) is 0 Å². The normalized spacial score (nSPS) is 18.7. The molecule has 0 radical (unpaired) electrons. The third-order valence-electron chi connectivity index (χ3n) is 2.39. The summed E-state index contributed by atoms with van der Waals surface area (Å²) in [7, 11) is 1.92. The van der Waals surface area contributed by atoms with Crippen molar-refractivity contribution in [1.29, 1.82) is 0 Å². The molecule has 0 saturated heterocycles. The summed E-state index contributed by atoms with van der Waals surface area (Å²) in [6.07, 6.45) is -2.76. The van der Waals surface area contributed by atoms with Crippen LogP contribution < -0.4 is 0 Å². The Morgan fingerprint density at radius 3 is 2.80 bits per heavy atom. The Morgan fingerprint density at radius 2 is 2.13 bits per heavy atom. The van der Waals surface area contributed by atoms with Gasteiger partial charge < -0.3 is 4.90 Å². The Hall–Kier alpha value is -0.620. The minimum absolute atomic E-state index is 0.586. The molecule has 15 heavy (non-hydrogen) atoms. The van der Waals surface area contributed by atoms with E-state index >= 15 is 0 Å². The van der Waals surface area contributed by atoms with Crippen molar-refractivity contribution < 1.29 is 13.2 Å². The van der Waals surface area contributed by atoms with Crippen molar-refractivity contribution in [2.75, 3.05) is 13.6 Å². The molecule has 0 aromatic carbocycles. The smallest absolute Gasteiger partial charge is 0.301 e. The van der Waals surface area contributed by atoms with E-state index in [1.54, 1.807) is 0 Å². The van der Waals surface area contributed by atoms with Crippen molar-refractivity contribution in [2.24, 2.45) is 0 Å². The monoisotopic (exact) mass is 236 g/mol. The summed E-state index contributed by atoms with van der Waals surface area (Å²) in [5, 5.41) is -0.706. The number of fused-ring (bicyclic) bond motifs is 1. The largest absolute Gasteiger partial charge is 0.443 e. The predicted molar refractivity (Wildman–Crippen MR) is 51.8 cm³/mol. The van der Waals surface area contributed by atoms with Gasteiger partial charge in [0.15, 0.2) is 5.01 Å². The highest BCUT2D eigenvalue weighted by molar-refractivity contribution is 7.11. The fraction of sp³-hybridized carbons (Fsp3) is 0.667. The minimum Gasteiger partial charge on any atom is -0.301 e. The lowest BCUT2D eigenvalue weighted by molar-refractivity contribution is -0.137. The molecule has 0 spiro atoms. The molecule has 84 valence electrons. The summed E-state index contributed by atoms with van der Waals surface area (Å²) < 4.78 is 37.2. The first kappa shape index (κ1) is 10.9. The van der Waals surface area contributed by atoms with Gasteiger partial charge in [0.1, 0.15) is 0 Å². The second-order valence-corrected chi connectivity index (χ2v) is 4.81. The van der Waals surface area contributed by atoms with Gasteiger partial charge >= 0.3 is 6.18 Å². The zero-order chi connectivity index (χ0) is 11.1. The Kier molecular flexibility index (Phi) is 2.72. The molecule has 1 aromatic rings. The van der Waals surface area contributed by atoms with E-state index in [4.69, 9.17) is 0 Å². The second kappa shape index (κ2) is 3.75. The van der Waals surface area contributed by atoms with Crippen LogP contribution in [0.5, 0.6) is 0 Å². The van der Waals surface area contributed by atoms with E-state index in [-0.39, 0.29) is 0 Å². The van der Waals surface area contributed by atoms with E-state index in [0.717, 1.165) is 29.2 Å². The number of hydrogen-bond donors (Lipinski definition) is 0. The zero-order valence-electron chi connectivity index (χ0n) is 8.26. The van der Waals surface area contributed by atoms with Crippen LogP contribution in [0.25, 0.3) is 0 Å². The SMILES string of the molecule is CN1CCCc2nc(C(F)(F)F)sc2C1. The number of hydrogen-bond acceptors (Lipinski definition) is 3. The van der Waals surface area contributed by atoms with Gasteiger partial charge in [0.05, 0.1) is 5.69 Å². The number of thiazole rings is 1. The minimum atomic E-state index is -4.30. The van der Waals surface area contributed by atoms with Gasteiger partial charge in [-0.05, 0) is 26.4 Å². The van der Waals surface area contributed by atoms with Crippen LogP contribution in [0.15, 0.2) is 0 Å². The molecule has 1 aliphatic heterocycles. The van der Waals surface area contributed by atoms with Gasteiger partial charge in [0.2, 0.25) is 0 Å². The molecule has 1 aromatic heterocycles. The molecule has 0 aliphatic carbocycles. The molecule has 2 heterocycles. The van der Waals surface area contributed by atoms with Crippen LogP contribution >= 0.6 is 11.3 Å². The third kappa shape index (κ3) is 2.31. The fourth-order valence-electron chi connectivity index (χ4n) is 1.66. The molecule has 0 saturated carbocycles. The fourth-order valence-corrected chi connectivity index (χ4v) is 2.72. The first-order valence-corrected chi connectivity index (χ1v) is 5.53. The summed E-state index contributed by atoms with van der Waals surface area (Å²) in [6, 6.07) is 0. The molecule has 2 nitrogen and oxygen atoms in total. The lowest BCUT2D eigenvalue weighted by Crippen LogP contribution is -2.16. The average Bonchev–Trinajstić information content (AvgIpc) is 2.41. The first-order chi connectivity index (χ1) is 6.97. The Morgan fingerprint density at radius 1 is 1.40 bits per heavy atom. The summed E-state index contributed by atoms with van der Waals surface area (Å²) in [6.45, 7) is 1.51. The maximum atomic E-state index is 12.4. The molecule has 0 amide bonds. The van der Waals surface area contributed by atoms with Crippen molar-refractivity contribution in [3.05, 3.63) is 15.6 Å². The first-order valence-electron chi connectivity index (χ1n) is 4.71. The van der Waals surface area contributed by atoms with Gasteiger partial charge in [-0.25, -0.2) is 4.98 Å². The summed E-state index contributed by atoms with van der Waals surface area (Å²) in [5.74, 6) is 0. The molecule has 0 bridgehead atoms. The zero-order valence-corrected chi connectivity index (χ0v) is 9.08. The molecule has 0 fully saturated rings. The highest BCUT2D eigenvalue weighted by atomic mass is 32.1. The van der Waals surface area contributed by atoms with Gasteiger partial charge in [-0.2, -0.15) is 13.2 Å². The van der Waals surface area contributed by atoms with E-state index in [0.29, 0.717) is 18.7 Å². The number of alkyl halides is 3. The van der Waals surface area contributed by atoms with Crippen molar-refractivity contribution in [1.82, 2.24) is 9.88 Å². The van der Waals surface area contributed by atoms with Gasteiger partial charge in [0.25, 0.3) is 0 Å². The van der Waals surface area contributed by atoms with Crippen molar-refractivity contribution in [2.45, 2.75) is 25.6 Å². The Bertz CT molecular complexity index is 359. The Balaban J connectivity index is 2.31. The maximum absolute atomic E-state index is 12.4. The van der Waals surface area contributed by atoms with Crippen LogP contribution in [-0.4, -0.2) is 23.5 Å². The average molecular weight is 236 g/mol. The van der Waals surface area contributed by atoms with Gasteiger partial charge in [-0.1, -0.05) is 0 Å². The molecule has 1 aliphatic rings. The van der Waals surface area contributed by atoms with Crippen molar-refractivity contribution in [3.63, 3.8) is 0 Å².